The fourth-order valence-electron chi connectivity index (χ4n) is 2.45. The van der Waals surface area contributed by atoms with Gasteiger partial charge in [-0.1, -0.05) is 18.2 Å². The molecule has 0 saturated heterocycles. The Kier molecular flexibility index (Phi) is 5.43. The van der Waals surface area contributed by atoms with Crippen LogP contribution in [-0.2, 0) is 16.0 Å². The minimum atomic E-state index is -0.315. The number of carbonyl (C=O) groups excluding carboxylic acids is 2. The summed E-state index contributed by atoms with van der Waals surface area (Å²) in [5.41, 5.74) is 2.60. The number of ether oxygens (including phenoxy) is 1. The number of rotatable bonds is 6. The Morgan fingerprint density at radius 1 is 1.08 bits per heavy atom. The van der Waals surface area contributed by atoms with Gasteiger partial charge in [0.15, 0.2) is 0 Å². The molecule has 6 nitrogen and oxygen atoms in total. The van der Waals surface area contributed by atoms with Crippen LogP contribution in [0.5, 0.6) is 5.75 Å². The Hall–Kier alpha value is -3.41. The lowest BCUT2D eigenvalue weighted by atomic mass is 10.2. The molecule has 0 saturated carbocycles. The molecule has 6 heteroatoms. The smallest absolute Gasteiger partial charge is 0.311 e. The van der Waals surface area contributed by atoms with Gasteiger partial charge >= 0.3 is 5.97 Å². The Balaban J connectivity index is 1.51. The number of aryl methyl sites for hydroxylation is 1. The van der Waals surface area contributed by atoms with Crippen LogP contribution >= 0.6 is 0 Å². The van der Waals surface area contributed by atoms with Crippen molar-refractivity contribution in [2.45, 2.75) is 19.8 Å². The van der Waals surface area contributed by atoms with E-state index < -0.39 is 0 Å². The lowest BCUT2D eigenvalue weighted by Gasteiger charge is -2.06. The molecule has 3 aromatic rings. The third-order valence-corrected chi connectivity index (χ3v) is 3.68. The third kappa shape index (κ3) is 4.80. The van der Waals surface area contributed by atoms with Gasteiger partial charge in [0.05, 0.1) is 18.3 Å². The summed E-state index contributed by atoms with van der Waals surface area (Å²) in [7, 11) is 0. The third-order valence-electron chi connectivity index (χ3n) is 3.68. The van der Waals surface area contributed by atoms with E-state index in [1.165, 1.54) is 6.92 Å². The summed E-state index contributed by atoms with van der Waals surface area (Å²) >= 11 is 0. The second-order valence-corrected chi connectivity index (χ2v) is 5.81. The molecule has 1 aromatic heterocycles. The van der Waals surface area contributed by atoms with Gasteiger partial charge < -0.3 is 10.1 Å². The normalized spacial score (nSPS) is 10.3. The molecule has 132 valence electrons. The van der Waals surface area contributed by atoms with Crippen molar-refractivity contribution in [3.05, 3.63) is 72.6 Å². The van der Waals surface area contributed by atoms with Gasteiger partial charge in [-0.25, -0.2) is 4.68 Å². The first-order valence-corrected chi connectivity index (χ1v) is 8.27. The van der Waals surface area contributed by atoms with Crippen molar-refractivity contribution in [2.24, 2.45) is 0 Å². The quantitative estimate of drug-likeness (QED) is 0.547. The SMILES string of the molecule is CC(=O)Nc1ccc(OC(=O)CCc2cnn(-c3ccccc3)c2)cc1. The molecule has 1 heterocycles. The standard InChI is InChI=1S/C20H19N3O3/c1-15(24)22-17-8-10-19(11-9-17)26-20(25)12-7-16-13-21-23(14-16)18-5-3-2-4-6-18/h2-6,8-11,13-14H,7,12H2,1H3,(H,22,24). The number of anilines is 1. The Bertz CT molecular complexity index is 886. The van der Waals surface area contributed by atoms with Crippen molar-refractivity contribution >= 4 is 17.6 Å². The monoisotopic (exact) mass is 349 g/mol. The number of benzene rings is 2. The molecule has 0 radical (unpaired) electrons. The van der Waals surface area contributed by atoms with E-state index in [1.807, 2.05) is 36.5 Å². The average molecular weight is 349 g/mol. The maximum absolute atomic E-state index is 12.0. The average Bonchev–Trinajstić information content (AvgIpc) is 3.11. The number of nitrogens with one attached hydrogen (secondary N) is 1. The van der Waals surface area contributed by atoms with Crippen molar-refractivity contribution in [3.8, 4) is 11.4 Å². The molecule has 0 aliphatic rings. The number of aromatic nitrogens is 2. The number of esters is 1. The summed E-state index contributed by atoms with van der Waals surface area (Å²) in [5, 5.41) is 6.97. The van der Waals surface area contributed by atoms with Gasteiger partial charge in [-0.2, -0.15) is 5.10 Å². The van der Waals surface area contributed by atoms with Crippen LogP contribution in [0.1, 0.15) is 18.9 Å². The molecule has 0 bridgehead atoms. The number of amides is 1. The molecule has 0 unspecified atom stereocenters. The summed E-state index contributed by atoms with van der Waals surface area (Å²) in [4.78, 5) is 23.0. The van der Waals surface area contributed by atoms with Gasteiger partial charge in [-0.15, -0.1) is 0 Å². The van der Waals surface area contributed by atoms with Gasteiger partial charge in [-0.3, -0.25) is 9.59 Å². The van der Waals surface area contributed by atoms with Crippen LogP contribution in [0.3, 0.4) is 0 Å². The summed E-state index contributed by atoms with van der Waals surface area (Å²) in [6, 6.07) is 16.5. The second-order valence-electron chi connectivity index (χ2n) is 5.81. The van der Waals surface area contributed by atoms with E-state index in [-0.39, 0.29) is 18.3 Å². The van der Waals surface area contributed by atoms with E-state index in [0.717, 1.165) is 11.3 Å². The van der Waals surface area contributed by atoms with Crippen LogP contribution in [0, 0.1) is 0 Å². The fourth-order valence-corrected chi connectivity index (χ4v) is 2.45. The van der Waals surface area contributed by atoms with Gasteiger partial charge in [-0.05, 0) is 48.4 Å². The molecule has 0 aliphatic heterocycles. The van der Waals surface area contributed by atoms with Crippen LogP contribution in [-0.4, -0.2) is 21.7 Å². The van der Waals surface area contributed by atoms with E-state index in [1.54, 1.807) is 35.1 Å². The van der Waals surface area contributed by atoms with Crippen LogP contribution in [0.15, 0.2) is 67.0 Å². The molecule has 1 N–H and O–H groups in total. The highest BCUT2D eigenvalue weighted by atomic mass is 16.5. The maximum Gasteiger partial charge on any atom is 0.311 e. The lowest BCUT2D eigenvalue weighted by Crippen LogP contribution is -2.09. The molecule has 2 aromatic carbocycles. The summed E-state index contributed by atoms with van der Waals surface area (Å²) in [6.07, 6.45) is 4.47. The Morgan fingerprint density at radius 2 is 1.81 bits per heavy atom. The topological polar surface area (TPSA) is 73.2 Å². The highest BCUT2D eigenvalue weighted by Gasteiger charge is 2.08. The maximum atomic E-state index is 12.0. The molecule has 26 heavy (non-hydrogen) atoms. The first-order valence-electron chi connectivity index (χ1n) is 8.27. The zero-order chi connectivity index (χ0) is 18.4. The minimum absolute atomic E-state index is 0.147. The largest absolute Gasteiger partial charge is 0.427 e. The van der Waals surface area contributed by atoms with Crippen molar-refractivity contribution in [3.63, 3.8) is 0 Å². The van der Waals surface area contributed by atoms with Crippen molar-refractivity contribution in [1.29, 1.82) is 0 Å². The predicted octanol–water partition coefficient (Wildman–Crippen LogP) is 3.37. The minimum Gasteiger partial charge on any atom is -0.427 e. The lowest BCUT2D eigenvalue weighted by molar-refractivity contribution is -0.134. The second kappa shape index (κ2) is 8.11. The highest BCUT2D eigenvalue weighted by Crippen LogP contribution is 2.17. The van der Waals surface area contributed by atoms with Gasteiger partial charge in [0, 0.05) is 18.8 Å². The molecule has 3 rings (SSSR count). The molecular formula is C20H19N3O3. The van der Waals surface area contributed by atoms with E-state index in [2.05, 4.69) is 10.4 Å². The molecule has 1 amide bonds. The first-order chi connectivity index (χ1) is 12.6. The number of hydrogen-bond donors (Lipinski definition) is 1. The number of carbonyl (C=O) groups is 2. The van der Waals surface area contributed by atoms with Crippen LogP contribution in [0.2, 0.25) is 0 Å². The van der Waals surface area contributed by atoms with Crippen LogP contribution in [0.4, 0.5) is 5.69 Å². The highest BCUT2D eigenvalue weighted by molar-refractivity contribution is 5.88. The molecular weight excluding hydrogens is 330 g/mol. The van der Waals surface area contributed by atoms with Crippen molar-refractivity contribution < 1.29 is 14.3 Å². The first kappa shape index (κ1) is 17.4. The van der Waals surface area contributed by atoms with Crippen molar-refractivity contribution in [2.75, 3.05) is 5.32 Å². The number of nitrogens with zero attached hydrogens (tertiary/aromatic N) is 2. The van der Waals surface area contributed by atoms with E-state index in [0.29, 0.717) is 17.9 Å². The van der Waals surface area contributed by atoms with E-state index >= 15 is 0 Å². The van der Waals surface area contributed by atoms with Crippen LogP contribution < -0.4 is 10.1 Å². The zero-order valence-electron chi connectivity index (χ0n) is 14.4. The number of para-hydroxylation sites is 1. The van der Waals surface area contributed by atoms with Crippen LogP contribution in [0.25, 0.3) is 5.69 Å². The fraction of sp³-hybridized carbons (Fsp3) is 0.150. The summed E-state index contributed by atoms with van der Waals surface area (Å²) < 4.78 is 7.09. The Labute approximate surface area is 151 Å². The molecule has 0 aliphatic carbocycles. The number of hydrogen-bond acceptors (Lipinski definition) is 4. The summed E-state index contributed by atoms with van der Waals surface area (Å²) in [6.45, 7) is 1.44. The zero-order valence-corrected chi connectivity index (χ0v) is 14.4. The Morgan fingerprint density at radius 3 is 2.50 bits per heavy atom. The molecule has 0 fully saturated rings. The van der Waals surface area contributed by atoms with Crippen molar-refractivity contribution in [1.82, 2.24) is 9.78 Å². The van der Waals surface area contributed by atoms with Gasteiger partial charge in [0.1, 0.15) is 5.75 Å². The summed E-state index contributed by atoms with van der Waals surface area (Å²) in [5.74, 6) is -0.0142. The van der Waals surface area contributed by atoms with Gasteiger partial charge in [0.25, 0.3) is 0 Å². The van der Waals surface area contributed by atoms with Gasteiger partial charge in [0.2, 0.25) is 5.91 Å². The predicted molar refractivity (Wildman–Crippen MR) is 98.3 cm³/mol. The molecule has 0 spiro atoms. The van der Waals surface area contributed by atoms with E-state index in [9.17, 15) is 9.59 Å². The van der Waals surface area contributed by atoms with E-state index in [4.69, 9.17) is 4.74 Å². The molecule has 0 atom stereocenters.